The Morgan fingerprint density at radius 3 is 2.13 bits per heavy atom. The summed E-state index contributed by atoms with van der Waals surface area (Å²) in [7, 11) is 0. The standard InChI is InChI=1S/C16H16O8.C6H13N/c17-9-5-7-3-1-2-4-8(7)6-10(9)23-16-13(20)11(18)12(19)14(24-16)15(21)22;7-6-4-2-1-3-5-6/h1-6,11-14,16-20H,(H,21,22);6H,1-5,7H2/t11-,12-,13+,14-,16+;/m0./s1. The Morgan fingerprint density at radius 2 is 1.58 bits per heavy atom. The van der Waals surface area contributed by atoms with Crippen LogP contribution in [0, 0.1) is 0 Å². The molecular weight excluding hydrogens is 406 g/mol. The van der Waals surface area contributed by atoms with Crippen LogP contribution in [0.15, 0.2) is 36.4 Å². The number of carboxylic acid groups (broad SMARTS) is 1. The average Bonchev–Trinajstić information content (AvgIpc) is 2.75. The largest absolute Gasteiger partial charge is 0.504 e. The molecule has 2 aliphatic rings. The number of aliphatic carboxylic acids is 1. The molecule has 1 heterocycles. The number of carbonyl (C=O) groups is 1. The van der Waals surface area contributed by atoms with Crippen LogP contribution >= 0.6 is 0 Å². The number of aliphatic hydroxyl groups is 3. The van der Waals surface area contributed by atoms with Crippen LogP contribution in [0.25, 0.3) is 10.8 Å². The van der Waals surface area contributed by atoms with E-state index in [4.69, 9.17) is 20.3 Å². The highest BCUT2D eigenvalue weighted by Gasteiger charge is 2.48. The van der Waals surface area contributed by atoms with Gasteiger partial charge < -0.3 is 40.7 Å². The zero-order chi connectivity index (χ0) is 22.5. The van der Waals surface area contributed by atoms with Crippen molar-refractivity contribution in [1.29, 1.82) is 0 Å². The van der Waals surface area contributed by atoms with Crippen molar-refractivity contribution in [3.63, 3.8) is 0 Å². The van der Waals surface area contributed by atoms with Crippen molar-refractivity contribution in [2.75, 3.05) is 0 Å². The van der Waals surface area contributed by atoms with Crippen LogP contribution < -0.4 is 10.5 Å². The highest BCUT2D eigenvalue weighted by molar-refractivity contribution is 5.85. The molecule has 1 saturated heterocycles. The van der Waals surface area contributed by atoms with Gasteiger partial charge in [0.05, 0.1) is 0 Å². The van der Waals surface area contributed by atoms with Crippen LogP contribution in [0.2, 0.25) is 0 Å². The van der Waals surface area contributed by atoms with Crippen molar-refractivity contribution in [3.8, 4) is 11.5 Å². The SMILES string of the molecule is NC1CCCCC1.O=C(O)[C@H]1O[C@@H](Oc2cc3ccccc3cc2O)[C@H](O)[C@@H](O)[C@@H]1O. The van der Waals surface area contributed by atoms with E-state index in [0.717, 1.165) is 10.8 Å². The number of nitrogens with two attached hydrogens (primary N) is 1. The van der Waals surface area contributed by atoms with Crippen LogP contribution in [0.3, 0.4) is 0 Å². The summed E-state index contributed by atoms with van der Waals surface area (Å²) in [6, 6.07) is 10.6. The number of aliphatic hydroxyl groups excluding tert-OH is 3. The molecule has 0 unspecified atom stereocenters. The van der Waals surface area contributed by atoms with Gasteiger partial charge in [0.25, 0.3) is 0 Å². The molecule has 2 aromatic rings. The summed E-state index contributed by atoms with van der Waals surface area (Å²) >= 11 is 0. The summed E-state index contributed by atoms with van der Waals surface area (Å²) in [5, 5.41) is 49.9. The molecule has 2 fully saturated rings. The number of ether oxygens (including phenoxy) is 2. The second kappa shape index (κ2) is 10.3. The van der Waals surface area contributed by atoms with Gasteiger partial charge in [0.15, 0.2) is 17.6 Å². The minimum absolute atomic E-state index is 0.0505. The third-order valence-corrected chi connectivity index (χ3v) is 5.53. The zero-order valence-electron chi connectivity index (χ0n) is 17.0. The quantitative estimate of drug-likeness (QED) is 0.414. The van der Waals surface area contributed by atoms with Gasteiger partial charge in [0.1, 0.15) is 18.3 Å². The summed E-state index contributed by atoms with van der Waals surface area (Å²) in [5.74, 6) is -1.80. The first-order valence-corrected chi connectivity index (χ1v) is 10.3. The lowest BCUT2D eigenvalue weighted by Gasteiger charge is -2.38. The van der Waals surface area contributed by atoms with Crippen molar-refractivity contribution < 1.29 is 39.8 Å². The van der Waals surface area contributed by atoms with E-state index in [9.17, 15) is 25.2 Å². The topological polar surface area (TPSA) is 163 Å². The molecule has 0 bridgehead atoms. The number of rotatable bonds is 3. The fraction of sp³-hybridized carbons (Fsp3) is 0.500. The Labute approximate surface area is 179 Å². The lowest BCUT2D eigenvalue weighted by Crippen LogP contribution is -2.61. The molecule has 170 valence electrons. The predicted molar refractivity (Wildman–Crippen MR) is 112 cm³/mol. The zero-order valence-corrected chi connectivity index (χ0v) is 17.0. The van der Waals surface area contributed by atoms with Gasteiger partial charge >= 0.3 is 5.97 Å². The molecule has 2 aromatic carbocycles. The van der Waals surface area contributed by atoms with Crippen molar-refractivity contribution in [2.45, 2.75) is 68.9 Å². The Morgan fingerprint density at radius 1 is 0.968 bits per heavy atom. The van der Waals surface area contributed by atoms with Crippen molar-refractivity contribution in [1.82, 2.24) is 0 Å². The molecule has 0 radical (unpaired) electrons. The molecule has 0 aromatic heterocycles. The molecule has 1 aliphatic carbocycles. The smallest absolute Gasteiger partial charge is 0.335 e. The summed E-state index contributed by atoms with van der Waals surface area (Å²) in [5.41, 5.74) is 5.63. The maximum atomic E-state index is 11.1. The number of phenolic OH excluding ortho intramolecular Hbond substituents is 1. The highest BCUT2D eigenvalue weighted by atomic mass is 16.7. The number of carboxylic acids is 1. The molecule has 9 nitrogen and oxygen atoms in total. The highest BCUT2D eigenvalue weighted by Crippen LogP contribution is 2.34. The molecule has 1 saturated carbocycles. The number of fused-ring (bicyclic) bond motifs is 1. The van der Waals surface area contributed by atoms with E-state index in [1.54, 1.807) is 24.3 Å². The Kier molecular flexibility index (Phi) is 7.69. The first-order valence-electron chi connectivity index (χ1n) is 10.3. The third-order valence-electron chi connectivity index (χ3n) is 5.53. The lowest BCUT2D eigenvalue weighted by atomic mass is 9.97. The van der Waals surface area contributed by atoms with Crippen molar-refractivity contribution in [2.24, 2.45) is 5.73 Å². The van der Waals surface area contributed by atoms with Crippen molar-refractivity contribution in [3.05, 3.63) is 36.4 Å². The van der Waals surface area contributed by atoms with Crippen LogP contribution in [0.5, 0.6) is 11.5 Å². The van der Waals surface area contributed by atoms with E-state index >= 15 is 0 Å². The van der Waals surface area contributed by atoms with Gasteiger partial charge in [-0.25, -0.2) is 4.79 Å². The fourth-order valence-corrected chi connectivity index (χ4v) is 3.71. The molecule has 5 atom stereocenters. The van der Waals surface area contributed by atoms with Gasteiger partial charge in [-0.15, -0.1) is 0 Å². The normalized spacial score (nSPS) is 29.1. The first-order chi connectivity index (χ1) is 14.8. The van der Waals surface area contributed by atoms with E-state index < -0.39 is 36.7 Å². The van der Waals surface area contributed by atoms with Crippen LogP contribution in [0.4, 0.5) is 0 Å². The predicted octanol–water partition coefficient (Wildman–Crippen LogP) is 1.09. The minimum Gasteiger partial charge on any atom is -0.504 e. The number of hydrogen-bond acceptors (Lipinski definition) is 8. The maximum Gasteiger partial charge on any atom is 0.335 e. The van der Waals surface area contributed by atoms with Gasteiger partial charge in [-0.3, -0.25) is 0 Å². The van der Waals surface area contributed by atoms with Crippen LogP contribution in [-0.2, 0) is 9.53 Å². The number of hydrogen-bond donors (Lipinski definition) is 6. The summed E-state index contributed by atoms with van der Waals surface area (Å²) in [6.45, 7) is 0. The Bertz CT molecular complexity index is 885. The lowest BCUT2D eigenvalue weighted by molar-refractivity contribution is -0.271. The van der Waals surface area contributed by atoms with Gasteiger partial charge in [0.2, 0.25) is 6.29 Å². The molecule has 0 amide bonds. The summed E-state index contributed by atoms with van der Waals surface area (Å²) in [6.07, 6.45) is -1.94. The van der Waals surface area contributed by atoms with E-state index in [2.05, 4.69) is 0 Å². The molecular formula is C22H29NO8. The number of benzene rings is 2. The van der Waals surface area contributed by atoms with Crippen molar-refractivity contribution >= 4 is 16.7 Å². The number of phenols is 1. The van der Waals surface area contributed by atoms with E-state index in [0.29, 0.717) is 6.04 Å². The molecule has 1 aliphatic heterocycles. The van der Waals surface area contributed by atoms with Gasteiger partial charge in [-0.1, -0.05) is 43.5 Å². The third kappa shape index (κ3) is 5.63. The number of aromatic hydroxyl groups is 1. The minimum atomic E-state index is -1.80. The molecule has 0 spiro atoms. The Balaban J connectivity index is 0.000000330. The second-order valence-corrected chi connectivity index (χ2v) is 7.92. The van der Waals surface area contributed by atoms with Crippen LogP contribution in [-0.4, -0.2) is 68.2 Å². The second-order valence-electron chi connectivity index (χ2n) is 7.92. The van der Waals surface area contributed by atoms with E-state index in [-0.39, 0.29) is 11.5 Å². The summed E-state index contributed by atoms with van der Waals surface area (Å²) in [4.78, 5) is 11.1. The average molecular weight is 435 g/mol. The Hall–Kier alpha value is -2.43. The van der Waals surface area contributed by atoms with Gasteiger partial charge in [-0.2, -0.15) is 0 Å². The van der Waals surface area contributed by atoms with Gasteiger partial charge in [-0.05, 0) is 35.7 Å². The first kappa shape index (κ1) is 23.2. The van der Waals surface area contributed by atoms with E-state index in [1.807, 2.05) is 0 Å². The monoisotopic (exact) mass is 435 g/mol. The van der Waals surface area contributed by atoms with Gasteiger partial charge in [0, 0.05) is 6.04 Å². The molecule has 4 rings (SSSR count). The molecule has 7 N–H and O–H groups in total. The summed E-state index contributed by atoms with van der Waals surface area (Å²) < 4.78 is 10.4. The molecule has 31 heavy (non-hydrogen) atoms. The fourth-order valence-electron chi connectivity index (χ4n) is 3.71. The maximum absolute atomic E-state index is 11.1. The van der Waals surface area contributed by atoms with E-state index in [1.165, 1.54) is 44.2 Å². The van der Waals surface area contributed by atoms with Crippen LogP contribution in [0.1, 0.15) is 32.1 Å². The molecule has 9 heteroatoms.